The maximum absolute atomic E-state index is 6.10. The Hall–Kier alpha value is -2.16. The zero-order valence-electron chi connectivity index (χ0n) is 17.2. The van der Waals surface area contributed by atoms with Gasteiger partial charge in [0.05, 0.1) is 13.2 Å². The number of unbranched alkanes of at least 4 members (excludes halogenated alkanes) is 4. The van der Waals surface area contributed by atoms with Crippen LogP contribution in [0.3, 0.4) is 0 Å². The normalized spacial score (nSPS) is 11.4. The first-order chi connectivity index (χ1) is 13.1. The van der Waals surface area contributed by atoms with Crippen molar-refractivity contribution in [3.63, 3.8) is 0 Å². The standard InChI is InChI=1S/C24H32O3/c1-5-7-9-11-25-21-15-19-20-16-22(26-12-10-8-6-2)18(4)14-24(20)27-23(19)13-17(21)3/h13-16H,5-12H2,1-4H3. The Labute approximate surface area is 162 Å². The Morgan fingerprint density at radius 3 is 1.52 bits per heavy atom. The summed E-state index contributed by atoms with van der Waals surface area (Å²) in [6, 6.07) is 8.42. The van der Waals surface area contributed by atoms with Crippen LogP contribution in [0.5, 0.6) is 11.5 Å². The number of hydrogen-bond acceptors (Lipinski definition) is 3. The molecule has 3 heteroatoms. The molecule has 0 radical (unpaired) electrons. The van der Waals surface area contributed by atoms with Crippen LogP contribution in [0.25, 0.3) is 21.9 Å². The molecule has 0 unspecified atom stereocenters. The minimum Gasteiger partial charge on any atom is -0.493 e. The van der Waals surface area contributed by atoms with E-state index in [0.29, 0.717) is 0 Å². The highest BCUT2D eigenvalue weighted by Crippen LogP contribution is 2.37. The summed E-state index contributed by atoms with van der Waals surface area (Å²) in [6.45, 7) is 10.1. The average molecular weight is 369 g/mol. The number of rotatable bonds is 10. The molecule has 3 nitrogen and oxygen atoms in total. The van der Waals surface area contributed by atoms with E-state index in [9.17, 15) is 0 Å². The Morgan fingerprint density at radius 1 is 0.667 bits per heavy atom. The summed E-state index contributed by atoms with van der Waals surface area (Å²) < 4.78 is 18.2. The molecular formula is C24H32O3. The third kappa shape index (κ3) is 4.58. The summed E-state index contributed by atoms with van der Waals surface area (Å²) in [4.78, 5) is 0. The van der Waals surface area contributed by atoms with Crippen molar-refractivity contribution in [3.8, 4) is 11.5 Å². The van der Waals surface area contributed by atoms with Gasteiger partial charge in [-0.3, -0.25) is 0 Å². The van der Waals surface area contributed by atoms with Gasteiger partial charge in [0.2, 0.25) is 0 Å². The lowest BCUT2D eigenvalue weighted by molar-refractivity contribution is 0.304. The van der Waals surface area contributed by atoms with E-state index in [-0.39, 0.29) is 0 Å². The second-order valence-corrected chi connectivity index (χ2v) is 7.44. The fraction of sp³-hybridized carbons (Fsp3) is 0.500. The second-order valence-electron chi connectivity index (χ2n) is 7.44. The summed E-state index contributed by atoms with van der Waals surface area (Å²) in [5.74, 6) is 1.90. The molecule has 0 bridgehead atoms. The Kier molecular flexibility index (Phi) is 6.65. The highest BCUT2D eigenvalue weighted by molar-refractivity contribution is 6.06. The first kappa shape index (κ1) is 19.6. The van der Waals surface area contributed by atoms with E-state index in [1.54, 1.807) is 0 Å². The molecule has 0 saturated carbocycles. The third-order valence-corrected chi connectivity index (χ3v) is 5.08. The first-order valence-electron chi connectivity index (χ1n) is 10.4. The molecule has 3 rings (SSSR count). The molecule has 0 aliphatic carbocycles. The van der Waals surface area contributed by atoms with Gasteiger partial charge in [-0.15, -0.1) is 0 Å². The van der Waals surface area contributed by atoms with Crippen LogP contribution >= 0.6 is 0 Å². The molecule has 0 amide bonds. The fourth-order valence-corrected chi connectivity index (χ4v) is 3.41. The number of ether oxygens (including phenoxy) is 2. The molecule has 27 heavy (non-hydrogen) atoms. The maximum Gasteiger partial charge on any atom is 0.135 e. The molecule has 1 aromatic heterocycles. The van der Waals surface area contributed by atoms with Crippen LogP contribution in [0.1, 0.15) is 63.5 Å². The van der Waals surface area contributed by atoms with Gasteiger partial charge in [0, 0.05) is 10.8 Å². The van der Waals surface area contributed by atoms with Gasteiger partial charge in [-0.05, 0) is 62.1 Å². The molecule has 0 fully saturated rings. The fourth-order valence-electron chi connectivity index (χ4n) is 3.41. The summed E-state index contributed by atoms with van der Waals surface area (Å²) >= 11 is 0. The van der Waals surface area contributed by atoms with Crippen molar-refractivity contribution in [2.24, 2.45) is 0 Å². The topological polar surface area (TPSA) is 31.6 Å². The smallest absolute Gasteiger partial charge is 0.135 e. The minimum absolute atomic E-state index is 0.765. The van der Waals surface area contributed by atoms with Crippen molar-refractivity contribution in [1.29, 1.82) is 0 Å². The van der Waals surface area contributed by atoms with E-state index in [1.807, 2.05) is 0 Å². The van der Waals surface area contributed by atoms with Crippen LogP contribution in [0.2, 0.25) is 0 Å². The van der Waals surface area contributed by atoms with E-state index >= 15 is 0 Å². The van der Waals surface area contributed by atoms with Gasteiger partial charge in [-0.2, -0.15) is 0 Å². The van der Waals surface area contributed by atoms with Crippen molar-refractivity contribution < 1.29 is 13.9 Å². The number of hydrogen-bond donors (Lipinski definition) is 0. The maximum atomic E-state index is 6.10. The zero-order valence-corrected chi connectivity index (χ0v) is 17.2. The van der Waals surface area contributed by atoms with Crippen LogP contribution in [-0.2, 0) is 0 Å². The number of fused-ring (bicyclic) bond motifs is 3. The Morgan fingerprint density at radius 2 is 1.11 bits per heavy atom. The monoisotopic (exact) mass is 368 g/mol. The van der Waals surface area contributed by atoms with Gasteiger partial charge in [-0.25, -0.2) is 0 Å². The van der Waals surface area contributed by atoms with Gasteiger partial charge < -0.3 is 13.9 Å². The lowest BCUT2D eigenvalue weighted by atomic mass is 10.1. The summed E-state index contributed by atoms with van der Waals surface area (Å²) in [6.07, 6.45) is 6.99. The van der Waals surface area contributed by atoms with E-state index in [4.69, 9.17) is 13.9 Å². The molecule has 0 saturated heterocycles. The molecule has 2 aromatic carbocycles. The van der Waals surface area contributed by atoms with Gasteiger partial charge in [0.15, 0.2) is 0 Å². The quantitative estimate of drug-likeness (QED) is 0.351. The Balaban J connectivity index is 1.89. The molecule has 0 aliphatic heterocycles. The predicted molar refractivity (Wildman–Crippen MR) is 113 cm³/mol. The van der Waals surface area contributed by atoms with Crippen molar-refractivity contribution in [2.75, 3.05) is 13.2 Å². The minimum atomic E-state index is 0.765. The predicted octanol–water partition coefficient (Wildman–Crippen LogP) is 7.34. The van der Waals surface area contributed by atoms with E-state index in [1.165, 1.54) is 25.7 Å². The molecule has 0 atom stereocenters. The van der Waals surface area contributed by atoms with Crippen molar-refractivity contribution in [1.82, 2.24) is 0 Å². The van der Waals surface area contributed by atoms with Crippen LogP contribution in [0.15, 0.2) is 28.7 Å². The number of furan rings is 1. The highest BCUT2D eigenvalue weighted by atomic mass is 16.5. The van der Waals surface area contributed by atoms with Crippen LogP contribution in [0, 0.1) is 13.8 Å². The van der Waals surface area contributed by atoms with Crippen LogP contribution in [0.4, 0.5) is 0 Å². The molecule has 1 heterocycles. The summed E-state index contributed by atoms with van der Waals surface area (Å²) in [7, 11) is 0. The molecule has 0 spiro atoms. The van der Waals surface area contributed by atoms with Crippen LogP contribution in [-0.4, -0.2) is 13.2 Å². The van der Waals surface area contributed by atoms with Crippen molar-refractivity contribution in [3.05, 3.63) is 35.4 Å². The summed E-state index contributed by atoms with van der Waals surface area (Å²) in [5.41, 5.74) is 4.05. The molecule has 0 aliphatic rings. The van der Waals surface area contributed by atoms with Crippen LogP contribution < -0.4 is 9.47 Å². The Bertz CT molecular complexity index is 819. The van der Waals surface area contributed by atoms with Crippen molar-refractivity contribution >= 4 is 21.9 Å². The summed E-state index contributed by atoms with van der Waals surface area (Å²) in [5, 5.41) is 2.19. The van der Waals surface area contributed by atoms with E-state index in [0.717, 1.165) is 70.6 Å². The van der Waals surface area contributed by atoms with Crippen molar-refractivity contribution in [2.45, 2.75) is 66.2 Å². The molecule has 3 aromatic rings. The number of benzene rings is 2. The number of aryl methyl sites for hydroxylation is 2. The lowest BCUT2D eigenvalue weighted by Crippen LogP contribution is -1.99. The van der Waals surface area contributed by atoms with Gasteiger partial charge in [0.1, 0.15) is 22.7 Å². The van der Waals surface area contributed by atoms with Gasteiger partial charge >= 0.3 is 0 Å². The molecule has 146 valence electrons. The highest BCUT2D eigenvalue weighted by Gasteiger charge is 2.13. The lowest BCUT2D eigenvalue weighted by Gasteiger charge is -2.10. The SMILES string of the molecule is CCCCCOc1cc2c(cc1C)oc1cc(C)c(OCCCCC)cc12. The van der Waals surface area contributed by atoms with Gasteiger partial charge in [0.25, 0.3) is 0 Å². The molecular weight excluding hydrogens is 336 g/mol. The first-order valence-corrected chi connectivity index (χ1v) is 10.4. The zero-order chi connectivity index (χ0) is 19.2. The largest absolute Gasteiger partial charge is 0.493 e. The second kappa shape index (κ2) is 9.16. The van der Waals surface area contributed by atoms with E-state index in [2.05, 4.69) is 52.0 Å². The van der Waals surface area contributed by atoms with Gasteiger partial charge in [-0.1, -0.05) is 39.5 Å². The van der Waals surface area contributed by atoms with E-state index < -0.39 is 0 Å². The average Bonchev–Trinajstić information content (AvgIpc) is 2.98. The third-order valence-electron chi connectivity index (χ3n) is 5.08. The molecule has 0 N–H and O–H groups in total.